The Hall–Kier alpha value is -3.27. The zero-order chi connectivity index (χ0) is 20.1. The maximum Gasteiger partial charge on any atom is 0.340 e. The van der Waals surface area contributed by atoms with E-state index in [0.29, 0.717) is 11.3 Å². The van der Waals surface area contributed by atoms with E-state index in [4.69, 9.17) is 9.47 Å². The van der Waals surface area contributed by atoms with Gasteiger partial charge in [0.2, 0.25) is 5.82 Å². The van der Waals surface area contributed by atoms with Gasteiger partial charge in [0, 0.05) is 24.6 Å². The average molecular weight is 379 g/mol. The van der Waals surface area contributed by atoms with Crippen molar-refractivity contribution in [1.29, 1.82) is 0 Å². The second-order valence-electron chi connectivity index (χ2n) is 5.63. The molecular weight excluding hydrogens is 361 g/mol. The number of carbonyl (C=O) groups excluding carboxylic acids is 2. The third-order valence-electron chi connectivity index (χ3n) is 3.79. The number of ether oxygens (including phenoxy) is 2. The summed E-state index contributed by atoms with van der Waals surface area (Å²) < 4.78 is 23.3. The molecule has 1 amide bonds. The molecule has 0 spiro atoms. The molecule has 0 unspecified atom stereocenters. The van der Waals surface area contributed by atoms with Crippen LogP contribution in [0.25, 0.3) is 0 Å². The monoisotopic (exact) mass is 379 g/mol. The van der Waals surface area contributed by atoms with Gasteiger partial charge < -0.3 is 19.8 Å². The zero-order valence-electron chi connectivity index (χ0n) is 14.9. The van der Waals surface area contributed by atoms with Gasteiger partial charge in [-0.3, -0.25) is 14.9 Å². The Bertz CT molecular complexity index is 893. The molecule has 2 N–H and O–H groups in total. The van der Waals surface area contributed by atoms with Gasteiger partial charge in [0.05, 0.1) is 17.1 Å². The maximum absolute atomic E-state index is 13.4. The van der Waals surface area contributed by atoms with Gasteiger partial charge in [0.25, 0.3) is 5.91 Å². The molecule has 0 bridgehead atoms. The summed E-state index contributed by atoms with van der Waals surface area (Å²) in [5, 5.41) is 13.2. The number of rotatable bonds is 7. The number of nitrogens with one attached hydrogen (secondary N) is 2. The van der Waals surface area contributed by atoms with Crippen molar-refractivity contribution >= 4 is 23.3 Å². The van der Waals surface area contributed by atoms with Crippen molar-refractivity contribution in [2.75, 3.05) is 25.6 Å². The number of carbonyl (C=O) groups is 2. The van der Waals surface area contributed by atoms with Crippen molar-refractivity contribution in [3.05, 3.63) is 56.6 Å². The topological polar surface area (TPSA) is 124 Å². The molecule has 2 rings (SSSR count). The Kier molecular flexibility index (Phi) is 6.24. The number of aryl methyl sites for hydroxylation is 1. The number of aromatic amines is 1. The van der Waals surface area contributed by atoms with Crippen molar-refractivity contribution in [1.82, 2.24) is 4.98 Å². The Morgan fingerprint density at radius 1 is 1.30 bits per heavy atom. The van der Waals surface area contributed by atoms with Crippen LogP contribution in [-0.2, 0) is 9.47 Å². The second kappa shape index (κ2) is 8.41. The molecule has 0 saturated carbocycles. The first-order valence-electron chi connectivity index (χ1n) is 7.86. The van der Waals surface area contributed by atoms with Crippen LogP contribution in [0.5, 0.6) is 0 Å². The minimum Gasteiger partial charge on any atom is -0.460 e. The number of H-pyrrole nitrogens is 1. The highest BCUT2D eigenvalue weighted by Gasteiger charge is 2.24. The lowest BCUT2D eigenvalue weighted by atomic mass is 10.1. The van der Waals surface area contributed by atoms with Crippen LogP contribution in [0.15, 0.2) is 18.2 Å². The quantitative estimate of drug-likeness (QED) is 0.330. The smallest absolute Gasteiger partial charge is 0.340 e. The van der Waals surface area contributed by atoms with E-state index >= 15 is 0 Å². The molecule has 1 aromatic heterocycles. The van der Waals surface area contributed by atoms with Gasteiger partial charge in [0.15, 0.2) is 0 Å². The molecule has 9 nitrogen and oxygen atoms in total. The molecule has 0 atom stereocenters. The lowest BCUT2D eigenvalue weighted by Gasteiger charge is -2.06. The molecule has 144 valence electrons. The van der Waals surface area contributed by atoms with Crippen LogP contribution in [0.4, 0.5) is 15.8 Å². The lowest BCUT2D eigenvalue weighted by Crippen LogP contribution is -2.15. The van der Waals surface area contributed by atoms with Gasteiger partial charge in [-0.1, -0.05) is 0 Å². The SMILES string of the molecule is COCCOC(=O)c1c(C)[nH]c(C(=O)Nc2ccc(F)c([N+](=O)[O-])c2)c1C. The first-order chi connectivity index (χ1) is 12.8. The van der Waals surface area contributed by atoms with Crippen LogP contribution < -0.4 is 5.32 Å². The third-order valence-corrected chi connectivity index (χ3v) is 3.79. The fourth-order valence-electron chi connectivity index (χ4n) is 2.50. The highest BCUT2D eigenvalue weighted by Crippen LogP contribution is 2.24. The summed E-state index contributed by atoms with van der Waals surface area (Å²) in [5.74, 6) is -2.24. The van der Waals surface area contributed by atoms with E-state index in [9.17, 15) is 24.1 Å². The summed E-state index contributed by atoms with van der Waals surface area (Å²) in [6, 6.07) is 3.00. The molecule has 0 radical (unpaired) electrons. The van der Waals surface area contributed by atoms with Crippen LogP contribution in [0.2, 0.25) is 0 Å². The fourth-order valence-corrected chi connectivity index (χ4v) is 2.50. The predicted molar refractivity (Wildman–Crippen MR) is 93.4 cm³/mol. The molecule has 0 aliphatic heterocycles. The molecule has 1 heterocycles. The lowest BCUT2D eigenvalue weighted by molar-refractivity contribution is -0.387. The number of hydrogen-bond acceptors (Lipinski definition) is 6. The Balaban J connectivity index is 2.23. The Morgan fingerprint density at radius 2 is 2.00 bits per heavy atom. The molecule has 2 aromatic rings. The van der Waals surface area contributed by atoms with Crippen molar-refractivity contribution in [3.63, 3.8) is 0 Å². The van der Waals surface area contributed by atoms with Crippen LogP contribution in [0.1, 0.15) is 32.1 Å². The van der Waals surface area contributed by atoms with Gasteiger partial charge in [0.1, 0.15) is 12.3 Å². The summed E-state index contributed by atoms with van der Waals surface area (Å²) in [5.41, 5.74) is 0.410. The molecule has 0 saturated heterocycles. The Labute approximate surface area is 153 Å². The number of anilines is 1. The maximum atomic E-state index is 13.4. The number of methoxy groups -OCH3 is 1. The van der Waals surface area contributed by atoms with Crippen LogP contribution in [-0.4, -0.2) is 42.1 Å². The summed E-state index contributed by atoms with van der Waals surface area (Å²) in [7, 11) is 1.48. The van der Waals surface area contributed by atoms with Gasteiger partial charge in [-0.2, -0.15) is 4.39 Å². The molecule has 0 aliphatic rings. The van der Waals surface area contributed by atoms with Crippen LogP contribution in [0.3, 0.4) is 0 Å². The summed E-state index contributed by atoms with van der Waals surface area (Å²) in [4.78, 5) is 37.4. The highest BCUT2D eigenvalue weighted by atomic mass is 19.1. The number of hydrogen-bond donors (Lipinski definition) is 2. The summed E-state index contributed by atoms with van der Waals surface area (Å²) in [6.07, 6.45) is 0. The summed E-state index contributed by atoms with van der Waals surface area (Å²) >= 11 is 0. The first-order valence-corrected chi connectivity index (χ1v) is 7.86. The number of amides is 1. The molecule has 27 heavy (non-hydrogen) atoms. The fraction of sp³-hybridized carbons (Fsp3) is 0.294. The highest BCUT2D eigenvalue weighted by molar-refractivity contribution is 6.06. The van der Waals surface area contributed by atoms with E-state index in [1.165, 1.54) is 13.2 Å². The largest absolute Gasteiger partial charge is 0.460 e. The number of benzene rings is 1. The summed E-state index contributed by atoms with van der Waals surface area (Å²) in [6.45, 7) is 3.49. The number of nitro groups is 1. The third kappa shape index (κ3) is 4.47. The van der Waals surface area contributed by atoms with Crippen LogP contribution >= 0.6 is 0 Å². The van der Waals surface area contributed by atoms with Gasteiger partial charge in [-0.25, -0.2) is 4.79 Å². The number of nitrogens with zero attached hydrogens (tertiary/aromatic N) is 1. The standard InChI is InChI=1S/C17H18FN3O6/c1-9-14(17(23)27-7-6-26-3)10(2)19-15(9)16(22)20-11-4-5-12(18)13(8-11)21(24)25/h4-5,8,19H,6-7H2,1-3H3,(H,20,22). The molecule has 0 aliphatic carbocycles. The van der Waals surface area contributed by atoms with Gasteiger partial charge in [-0.05, 0) is 31.5 Å². The van der Waals surface area contributed by atoms with Crippen molar-refractivity contribution < 1.29 is 28.4 Å². The van der Waals surface area contributed by atoms with E-state index in [1.807, 2.05) is 0 Å². The second-order valence-corrected chi connectivity index (χ2v) is 5.63. The molecule has 10 heteroatoms. The minimum atomic E-state index is -1.01. The number of aromatic nitrogens is 1. The average Bonchev–Trinajstić information content (AvgIpc) is 2.91. The van der Waals surface area contributed by atoms with Crippen molar-refractivity contribution in [2.45, 2.75) is 13.8 Å². The molecular formula is C17H18FN3O6. The predicted octanol–water partition coefficient (Wildman–Crippen LogP) is 2.73. The van der Waals surface area contributed by atoms with Crippen LogP contribution in [0, 0.1) is 29.8 Å². The van der Waals surface area contributed by atoms with E-state index < -0.39 is 28.3 Å². The van der Waals surface area contributed by atoms with E-state index in [-0.39, 0.29) is 30.2 Å². The van der Waals surface area contributed by atoms with Crippen molar-refractivity contribution in [2.24, 2.45) is 0 Å². The minimum absolute atomic E-state index is 0.0453. The molecule has 1 aromatic carbocycles. The number of esters is 1. The van der Waals surface area contributed by atoms with E-state index in [2.05, 4.69) is 10.3 Å². The van der Waals surface area contributed by atoms with E-state index in [0.717, 1.165) is 12.1 Å². The normalized spacial score (nSPS) is 10.5. The molecule has 0 fully saturated rings. The number of halogens is 1. The van der Waals surface area contributed by atoms with E-state index in [1.54, 1.807) is 13.8 Å². The number of nitro benzene ring substituents is 1. The van der Waals surface area contributed by atoms with Gasteiger partial charge in [-0.15, -0.1) is 0 Å². The van der Waals surface area contributed by atoms with Gasteiger partial charge >= 0.3 is 11.7 Å². The van der Waals surface area contributed by atoms with Crippen molar-refractivity contribution in [3.8, 4) is 0 Å². The first kappa shape index (κ1) is 20.0. The zero-order valence-corrected chi connectivity index (χ0v) is 14.9. The Morgan fingerprint density at radius 3 is 2.63 bits per heavy atom.